The van der Waals surface area contributed by atoms with Gasteiger partial charge < -0.3 is 10.6 Å². The highest BCUT2D eigenvalue weighted by Gasteiger charge is 2.34. The average molecular weight is 305 g/mol. The van der Waals surface area contributed by atoms with Crippen LogP contribution in [0.5, 0.6) is 0 Å². The van der Waals surface area contributed by atoms with Crippen LogP contribution in [0.1, 0.15) is 21.9 Å². The Kier molecular flexibility index (Phi) is 3.73. The van der Waals surface area contributed by atoms with E-state index in [4.69, 9.17) is 5.73 Å². The van der Waals surface area contributed by atoms with Crippen molar-refractivity contribution >= 4 is 17.2 Å². The van der Waals surface area contributed by atoms with E-state index in [-0.39, 0.29) is 17.8 Å². The fourth-order valence-corrected chi connectivity index (χ4v) is 3.37. The third-order valence-electron chi connectivity index (χ3n) is 3.72. The van der Waals surface area contributed by atoms with Crippen LogP contribution in [0.3, 0.4) is 0 Å². The number of thiazole rings is 1. The minimum Gasteiger partial charge on any atom is -0.333 e. The van der Waals surface area contributed by atoms with Crippen molar-refractivity contribution in [2.45, 2.75) is 19.4 Å². The van der Waals surface area contributed by atoms with Gasteiger partial charge in [0.25, 0.3) is 5.91 Å². The zero-order valence-electron chi connectivity index (χ0n) is 11.7. The zero-order valence-corrected chi connectivity index (χ0v) is 12.5. The van der Waals surface area contributed by atoms with Gasteiger partial charge in [-0.1, -0.05) is 12.1 Å². The van der Waals surface area contributed by atoms with Crippen LogP contribution in [0, 0.1) is 12.7 Å². The molecule has 1 amide bonds. The van der Waals surface area contributed by atoms with Gasteiger partial charge in [-0.2, -0.15) is 0 Å². The van der Waals surface area contributed by atoms with Gasteiger partial charge in [0.15, 0.2) is 0 Å². The van der Waals surface area contributed by atoms with Crippen LogP contribution < -0.4 is 5.73 Å². The fourth-order valence-electron chi connectivity index (χ4n) is 2.46. The largest absolute Gasteiger partial charge is 0.333 e. The number of carbonyl (C=O) groups is 1. The summed E-state index contributed by atoms with van der Waals surface area (Å²) < 4.78 is 13.1. The van der Waals surface area contributed by atoms with Crippen LogP contribution in [-0.4, -0.2) is 34.9 Å². The first kappa shape index (κ1) is 14.2. The minimum atomic E-state index is -0.293. The van der Waals surface area contributed by atoms with Crippen molar-refractivity contribution in [3.63, 3.8) is 0 Å². The summed E-state index contributed by atoms with van der Waals surface area (Å²) in [4.78, 5) is 19.5. The van der Waals surface area contributed by atoms with E-state index in [0.29, 0.717) is 12.2 Å². The number of hydrogen-bond donors (Lipinski definition) is 1. The highest BCUT2D eigenvalue weighted by Crippen LogP contribution is 2.32. The number of nitrogens with zero attached hydrogens (tertiary/aromatic N) is 2. The van der Waals surface area contributed by atoms with Gasteiger partial charge in [-0.15, -0.1) is 11.3 Å². The molecule has 110 valence electrons. The van der Waals surface area contributed by atoms with Crippen molar-refractivity contribution in [3.8, 4) is 10.4 Å². The first-order valence-corrected chi connectivity index (χ1v) is 7.66. The van der Waals surface area contributed by atoms with Crippen LogP contribution in [0.4, 0.5) is 4.39 Å². The number of nitrogens with two attached hydrogens (primary N) is 1. The fraction of sp³-hybridized carbons (Fsp3) is 0.333. The van der Waals surface area contributed by atoms with Crippen LogP contribution in [0.2, 0.25) is 0 Å². The number of rotatable bonds is 3. The van der Waals surface area contributed by atoms with Crippen LogP contribution >= 0.6 is 11.3 Å². The van der Waals surface area contributed by atoms with Crippen LogP contribution in [-0.2, 0) is 0 Å². The number of aromatic nitrogens is 1. The quantitative estimate of drug-likeness (QED) is 0.947. The Hall–Kier alpha value is -1.79. The molecule has 1 aromatic heterocycles. The molecule has 2 N–H and O–H groups in total. The van der Waals surface area contributed by atoms with Gasteiger partial charge in [0.1, 0.15) is 11.5 Å². The molecule has 1 fully saturated rings. The summed E-state index contributed by atoms with van der Waals surface area (Å²) in [5, 5.41) is 0.822. The summed E-state index contributed by atoms with van der Waals surface area (Å²) in [5.74, 6) is -0.376. The van der Waals surface area contributed by atoms with E-state index in [9.17, 15) is 9.18 Å². The summed E-state index contributed by atoms with van der Waals surface area (Å²) >= 11 is 1.45. The smallest absolute Gasteiger partial charge is 0.274 e. The second-order valence-corrected chi connectivity index (χ2v) is 6.30. The molecule has 1 aliphatic heterocycles. The molecule has 3 rings (SSSR count). The molecule has 1 aliphatic rings. The van der Waals surface area contributed by atoms with Gasteiger partial charge in [-0.25, -0.2) is 9.37 Å². The molecule has 1 atom stereocenters. The number of amides is 1. The number of hydrogen-bond acceptors (Lipinski definition) is 4. The molecule has 6 heteroatoms. The SMILES string of the molecule is Cc1nc(C(=O)N2CCC2CN)c(-c2ccc(F)cc2)s1. The molecular weight excluding hydrogens is 289 g/mol. The van der Waals surface area contributed by atoms with E-state index in [0.717, 1.165) is 28.4 Å². The number of benzene rings is 1. The topological polar surface area (TPSA) is 59.2 Å². The van der Waals surface area contributed by atoms with Crippen molar-refractivity contribution in [3.05, 3.63) is 40.8 Å². The molecule has 2 aromatic rings. The molecule has 1 aromatic carbocycles. The lowest BCUT2D eigenvalue weighted by molar-refractivity contribution is 0.0477. The molecule has 21 heavy (non-hydrogen) atoms. The lowest BCUT2D eigenvalue weighted by Crippen LogP contribution is -2.54. The normalized spacial score (nSPS) is 17.7. The maximum Gasteiger partial charge on any atom is 0.274 e. The van der Waals surface area contributed by atoms with Gasteiger partial charge in [0.2, 0.25) is 0 Å². The summed E-state index contributed by atoms with van der Waals surface area (Å²) in [7, 11) is 0. The predicted octanol–water partition coefficient (Wildman–Crippen LogP) is 2.43. The first-order valence-electron chi connectivity index (χ1n) is 6.84. The number of likely N-dealkylation sites (tertiary alicyclic amines) is 1. The Morgan fingerprint density at radius 2 is 2.19 bits per heavy atom. The zero-order chi connectivity index (χ0) is 15.0. The molecule has 0 bridgehead atoms. The lowest BCUT2D eigenvalue weighted by atomic mass is 10.0. The second-order valence-electron chi connectivity index (χ2n) is 5.09. The molecule has 1 unspecified atom stereocenters. The van der Waals surface area contributed by atoms with Crippen LogP contribution in [0.15, 0.2) is 24.3 Å². The molecule has 0 radical (unpaired) electrons. The second kappa shape index (κ2) is 5.54. The third kappa shape index (κ3) is 2.56. The van der Waals surface area contributed by atoms with Gasteiger partial charge in [-0.3, -0.25) is 4.79 Å². The number of aryl methyl sites for hydroxylation is 1. The highest BCUT2D eigenvalue weighted by atomic mass is 32.1. The van der Waals surface area contributed by atoms with E-state index in [1.807, 2.05) is 6.92 Å². The molecule has 2 heterocycles. The lowest BCUT2D eigenvalue weighted by Gasteiger charge is -2.40. The first-order chi connectivity index (χ1) is 10.1. The Labute approximate surface area is 126 Å². The van der Waals surface area contributed by atoms with E-state index < -0.39 is 0 Å². The maximum absolute atomic E-state index is 13.1. The maximum atomic E-state index is 13.1. The van der Waals surface area contributed by atoms with Crippen molar-refractivity contribution in [1.29, 1.82) is 0 Å². The summed E-state index contributed by atoms with van der Waals surface area (Å²) in [6, 6.07) is 6.25. The molecule has 1 saturated heterocycles. The van der Waals surface area contributed by atoms with Gasteiger partial charge in [0, 0.05) is 19.1 Å². The third-order valence-corrected chi connectivity index (χ3v) is 4.74. The van der Waals surface area contributed by atoms with Crippen molar-refractivity contribution in [2.75, 3.05) is 13.1 Å². The van der Waals surface area contributed by atoms with E-state index in [2.05, 4.69) is 4.98 Å². The molecular formula is C15H16FN3OS. The van der Waals surface area contributed by atoms with E-state index >= 15 is 0 Å². The van der Waals surface area contributed by atoms with E-state index in [1.54, 1.807) is 17.0 Å². The Morgan fingerprint density at radius 3 is 2.76 bits per heavy atom. The summed E-state index contributed by atoms with van der Waals surface area (Å²) in [6.07, 6.45) is 0.942. The predicted molar refractivity (Wildman–Crippen MR) is 80.7 cm³/mol. The molecule has 0 saturated carbocycles. The molecule has 4 nitrogen and oxygen atoms in total. The molecule has 0 spiro atoms. The summed E-state index contributed by atoms with van der Waals surface area (Å²) in [6.45, 7) is 3.06. The van der Waals surface area contributed by atoms with Crippen molar-refractivity contribution in [2.24, 2.45) is 5.73 Å². The standard InChI is InChI=1S/C15H16FN3OS/c1-9-18-13(15(20)19-7-6-12(19)8-17)14(21-9)10-2-4-11(16)5-3-10/h2-5,12H,6-8,17H2,1H3. The van der Waals surface area contributed by atoms with Crippen molar-refractivity contribution < 1.29 is 9.18 Å². The van der Waals surface area contributed by atoms with Crippen LogP contribution in [0.25, 0.3) is 10.4 Å². The minimum absolute atomic E-state index is 0.0830. The number of halogens is 1. The number of carbonyl (C=O) groups excluding carboxylic acids is 1. The monoisotopic (exact) mass is 305 g/mol. The van der Waals surface area contributed by atoms with Gasteiger partial charge in [0.05, 0.1) is 9.88 Å². The Bertz CT molecular complexity index is 666. The molecule has 0 aliphatic carbocycles. The van der Waals surface area contributed by atoms with E-state index in [1.165, 1.54) is 23.5 Å². The van der Waals surface area contributed by atoms with Crippen molar-refractivity contribution in [1.82, 2.24) is 9.88 Å². The summed E-state index contributed by atoms with van der Waals surface area (Å²) in [5.41, 5.74) is 6.92. The van der Waals surface area contributed by atoms with Gasteiger partial charge >= 0.3 is 0 Å². The van der Waals surface area contributed by atoms with Gasteiger partial charge in [-0.05, 0) is 31.0 Å². The highest BCUT2D eigenvalue weighted by molar-refractivity contribution is 7.15. The average Bonchev–Trinajstić information content (AvgIpc) is 2.81. The Balaban J connectivity index is 1.96. The Morgan fingerprint density at radius 1 is 1.48 bits per heavy atom.